The monoisotopic (exact) mass is 424 g/mol. The van der Waals surface area contributed by atoms with Crippen LogP contribution in [0.1, 0.15) is 18.1 Å². The van der Waals surface area contributed by atoms with Crippen LogP contribution in [-0.4, -0.2) is 25.8 Å². The van der Waals surface area contributed by atoms with Gasteiger partial charge in [0.1, 0.15) is 11.5 Å². The maximum Gasteiger partial charge on any atom is 0.244 e. The van der Waals surface area contributed by atoms with Gasteiger partial charge in [-0.3, -0.25) is 4.79 Å². The van der Waals surface area contributed by atoms with Gasteiger partial charge in [0.2, 0.25) is 5.91 Å². The Kier molecular flexibility index (Phi) is 7.28. The molecule has 0 saturated heterocycles. The van der Waals surface area contributed by atoms with Crippen LogP contribution in [0.15, 0.2) is 46.0 Å². The Balaban J connectivity index is 1.95. The number of amides is 1. The number of methoxy groups -OCH3 is 1. The van der Waals surface area contributed by atoms with E-state index in [-0.39, 0.29) is 12.3 Å². The van der Waals surface area contributed by atoms with E-state index >= 15 is 0 Å². The molecule has 0 aliphatic rings. The molecule has 7 heteroatoms. The molecule has 0 atom stereocenters. The van der Waals surface area contributed by atoms with Gasteiger partial charge in [0.25, 0.3) is 0 Å². The largest absolute Gasteiger partial charge is 0.497 e. The first-order valence-corrected chi connectivity index (χ1v) is 8.77. The molecule has 132 valence electrons. The summed E-state index contributed by atoms with van der Waals surface area (Å²) in [6.07, 6.45) is 1.67. The summed E-state index contributed by atoms with van der Waals surface area (Å²) in [5, 5.41) is 4.48. The quantitative estimate of drug-likeness (QED) is 0.534. The Hall–Kier alpha value is -2.05. The normalized spacial score (nSPS) is 10.7. The first-order chi connectivity index (χ1) is 12.0. The van der Waals surface area contributed by atoms with Crippen molar-refractivity contribution >= 4 is 39.7 Å². The van der Waals surface area contributed by atoms with Gasteiger partial charge in [-0.2, -0.15) is 5.10 Å². The number of carbonyl (C=O) groups is 1. The number of nitrogens with zero attached hydrogens (tertiary/aromatic N) is 1. The Bertz CT molecular complexity index is 781. The molecule has 0 unspecified atom stereocenters. The molecule has 25 heavy (non-hydrogen) atoms. The summed E-state index contributed by atoms with van der Waals surface area (Å²) in [6.45, 7) is 2.51. The number of halogens is 2. The fraction of sp³-hybridized carbons (Fsp3) is 0.222. The maximum absolute atomic E-state index is 12.0. The average Bonchev–Trinajstić information content (AvgIpc) is 2.59. The first kappa shape index (κ1) is 19.3. The molecule has 2 aromatic carbocycles. The summed E-state index contributed by atoms with van der Waals surface area (Å²) in [6, 6.07) is 10.7. The molecule has 0 heterocycles. The lowest BCUT2D eigenvalue weighted by Crippen LogP contribution is -2.20. The molecule has 2 aromatic rings. The third-order valence-electron chi connectivity index (χ3n) is 3.26. The Labute approximate surface area is 160 Å². The van der Waals surface area contributed by atoms with E-state index < -0.39 is 0 Å². The second kappa shape index (κ2) is 9.44. The fourth-order valence-electron chi connectivity index (χ4n) is 2.07. The second-order valence-corrected chi connectivity index (χ2v) is 6.31. The molecule has 1 N–H and O–H groups in total. The molecular formula is C18H18BrClN2O3. The molecular weight excluding hydrogens is 408 g/mol. The van der Waals surface area contributed by atoms with Crippen LogP contribution in [0.25, 0.3) is 0 Å². The van der Waals surface area contributed by atoms with Gasteiger partial charge in [0, 0.05) is 5.02 Å². The van der Waals surface area contributed by atoms with E-state index in [1.165, 1.54) is 0 Å². The van der Waals surface area contributed by atoms with Crippen LogP contribution < -0.4 is 14.9 Å². The van der Waals surface area contributed by atoms with Crippen LogP contribution in [0.5, 0.6) is 11.5 Å². The lowest BCUT2D eigenvalue weighted by Gasteiger charge is -2.07. The highest BCUT2D eigenvalue weighted by Crippen LogP contribution is 2.25. The zero-order chi connectivity index (χ0) is 18.2. The van der Waals surface area contributed by atoms with Crippen LogP contribution in [0.2, 0.25) is 5.02 Å². The first-order valence-electron chi connectivity index (χ1n) is 7.60. The molecule has 0 saturated carbocycles. The number of rotatable bonds is 7. The van der Waals surface area contributed by atoms with Crippen LogP contribution in [0.4, 0.5) is 0 Å². The van der Waals surface area contributed by atoms with E-state index in [9.17, 15) is 4.79 Å². The zero-order valence-corrected chi connectivity index (χ0v) is 16.2. The minimum absolute atomic E-state index is 0.111. The Morgan fingerprint density at radius 1 is 1.32 bits per heavy atom. The van der Waals surface area contributed by atoms with Crippen LogP contribution in [0, 0.1) is 0 Å². The minimum atomic E-state index is -0.267. The predicted molar refractivity (Wildman–Crippen MR) is 103 cm³/mol. The molecule has 0 radical (unpaired) electrons. The molecule has 5 nitrogen and oxygen atoms in total. The highest BCUT2D eigenvalue weighted by molar-refractivity contribution is 9.10. The van der Waals surface area contributed by atoms with Crippen molar-refractivity contribution in [3.63, 3.8) is 0 Å². The molecule has 0 aromatic heterocycles. The van der Waals surface area contributed by atoms with Gasteiger partial charge in [0.15, 0.2) is 0 Å². The molecule has 0 aliphatic carbocycles. The van der Waals surface area contributed by atoms with Crippen molar-refractivity contribution in [3.8, 4) is 11.5 Å². The molecule has 0 bridgehead atoms. The summed E-state index contributed by atoms with van der Waals surface area (Å²) in [4.78, 5) is 12.0. The number of hydrogen-bond acceptors (Lipinski definition) is 4. The lowest BCUT2D eigenvalue weighted by molar-refractivity contribution is -0.120. The van der Waals surface area contributed by atoms with Crippen molar-refractivity contribution in [3.05, 3.63) is 57.0 Å². The minimum Gasteiger partial charge on any atom is -0.497 e. The number of nitrogens with one attached hydrogen (secondary N) is 1. The highest BCUT2D eigenvalue weighted by Gasteiger charge is 2.08. The van der Waals surface area contributed by atoms with Crippen molar-refractivity contribution in [1.82, 2.24) is 5.43 Å². The number of carbonyl (C=O) groups excluding carboxylic acids is 1. The van der Waals surface area contributed by atoms with Gasteiger partial charge in [-0.15, -0.1) is 0 Å². The number of hydrogen-bond donors (Lipinski definition) is 1. The summed E-state index contributed by atoms with van der Waals surface area (Å²) in [5.41, 5.74) is 4.00. The van der Waals surface area contributed by atoms with Gasteiger partial charge in [0.05, 0.1) is 30.8 Å². The summed E-state index contributed by atoms with van der Waals surface area (Å²) >= 11 is 9.53. The molecule has 2 rings (SSSR count). The maximum atomic E-state index is 12.0. The third-order valence-corrected chi connectivity index (χ3v) is 4.25. The summed E-state index contributed by atoms with van der Waals surface area (Å²) in [7, 11) is 1.56. The predicted octanol–water partition coefficient (Wildman–Crippen LogP) is 4.20. The van der Waals surface area contributed by atoms with Crippen molar-refractivity contribution in [1.29, 1.82) is 0 Å². The number of hydrazone groups is 1. The molecule has 0 aliphatic heterocycles. The smallest absolute Gasteiger partial charge is 0.244 e. The van der Waals surface area contributed by atoms with Gasteiger partial charge < -0.3 is 9.47 Å². The second-order valence-electron chi connectivity index (χ2n) is 5.05. The summed E-state index contributed by atoms with van der Waals surface area (Å²) in [5.74, 6) is 1.14. The van der Waals surface area contributed by atoms with Crippen molar-refractivity contribution in [2.75, 3.05) is 13.7 Å². The van der Waals surface area contributed by atoms with Gasteiger partial charge in [-0.25, -0.2) is 5.43 Å². The average molecular weight is 426 g/mol. The van der Waals surface area contributed by atoms with Crippen LogP contribution >= 0.6 is 27.5 Å². The van der Waals surface area contributed by atoms with Crippen LogP contribution in [-0.2, 0) is 11.2 Å². The fourth-order valence-corrected chi connectivity index (χ4v) is 2.77. The van der Waals surface area contributed by atoms with E-state index in [1.54, 1.807) is 31.5 Å². The third kappa shape index (κ3) is 5.76. The topological polar surface area (TPSA) is 59.9 Å². The number of ether oxygens (including phenoxy) is 2. The van der Waals surface area contributed by atoms with E-state index in [2.05, 4.69) is 26.5 Å². The van der Waals surface area contributed by atoms with Gasteiger partial charge >= 0.3 is 0 Å². The molecule has 0 fully saturated rings. The molecule has 1 amide bonds. The SMILES string of the molecule is CCOc1ccc(/C=N/NC(=O)Cc2cc(OC)ccc2Cl)cc1Br. The molecule has 0 spiro atoms. The van der Waals surface area contributed by atoms with Crippen LogP contribution in [0.3, 0.4) is 0 Å². The van der Waals surface area contributed by atoms with E-state index in [0.29, 0.717) is 22.9 Å². The Morgan fingerprint density at radius 2 is 2.12 bits per heavy atom. The van der Waals surface area contributed by atoms with Crippen molar-refractivity contribution in [2.45, 2.75) is 13.3 Å². The number of benzene rings is 2. The zero-order valence-electron chi connectivity index (χ0n) is 13.9. The standard InChI is InChI=1S/C18H18BrClN2O3/c1-3-25-17-7-4-12(8-15(17)19)11-21-22-18(23)10-13-9-14(24-2)5-6-16(13)20/h4-9,11H,3,10H2,1-2H3,(H,22,23)/b21-11+. The Morgan fingerprint density at radius 3 is 2.80 bits per heavy atom. The highest BCUT2D eigenvalue weighted by atomic mass is 79.9. The van der Waals surface area contributed by atoms with Gasteiger partial charge in [-0.05, 0) is 70.4 Å². The van der Waals surface area contributed by atoms with Gasteiger partial charge in [-0.1, -0.05) is 11.6 Å². The lowest BCUT2D eigenvalue weighted by atomic mass is 10.1. The summed E-state index contributed by atoms with van der Waals surface area (Å²) < 4.78 is 11.4. The van der Waals surface area contributed by atoms with E-state index in [1.807, 2.05) is 25.1 Å². The van der Waals surface area contributed by atoms with Crippen molar-refractivity contribution in [2.24, 2.45) is 5.10 Å². The van der Waals surface area contributed by atoms with E-state index in [4.69, 9.17) is 21.1 Å². The van der Waals surface area contributed by atoms with E-state index in [0.717, 1.165) is 15.8 Å². The van der Waals surface area contributed by atoms with Crippen molar-refractivity contribution < 1.29 is 14.3 Å².